The molecular weight excluding hydrogens is 452 g/mol. The van der Waals surface area contributed by atoms with E-state index in [9.17, 15) is 4.79 Å². The molecular formula is C22H27BrN2O3S. The van der Waals surface area contributed by atoms with Crippen LogP contribution >= 0.6 is 28.1 Å². The maximum Gasteiger partial charge on any atom is 0.261 e. The van der Waals surface area contributed by atoms with Gasteiger partial charge in [-0.2, -0.15) is 0 Å². The van der Waals surface area contributed by atoms with Crippen LogP contribution < -0.4 is 20.1 Å². The fraction of sp³-hybridized carbons (Fsp3) is 0.364. The monoisotopic (exact) mass is 478 g/mol. The highest BCUT2D eigenvalue weighted by Crippen LogP contribution is 2.24. The van der Waals surface area contributed by atoms with Gasteiger partial charge in [0.25, 0.3) is 5.91 Å². The summed E-state index contributed by atoms with van der Waals surface area (Å²) in [5.74, 6) is 1.01. The summed E-state index contributed by atoms with van der Waals surface area (Å²) >= 11 is 8.69. The zero-order valence-corrected chi connectivity index (χ0v) is 19.2. The van der Waals surface area contributed by atoms with E-state index in [2.05, 4.69) is 33.5 Å². The molecule has 0 aliphatic carbocycles. The van der Waals surface area contributed by atoms with Gasteiger partial charge in [-0.1, -0.05) is 42.1 Å². The third-order valence-corrected chi connectivity index (χ3v) is 4.79. The summed E-state index contributed by atoms with van der Waals surface area (Å²) in [7, 11) is 0. The summed E-state index contributed by atoms with van der Waals surface area (Å²) in [5, 5.41) is 5.93. The van der Waals surface area contributed by atoms with Crippen LogP contribution in [0.15, 0.2) is 46.9 Å². The molecule has 0 atom stereocenters. The van der Waals surface area contributed by atoms with Crippen molar-refractivity contribution in [1.29, 1.82) is 0 Å². The van der Waals surface area contributed by atoms with Crippen LogP contribution in [0.2, 0.25) is 0 Å². The van der Waals surface area contributed by atoms with Gasteiger partial charge in [-0.25, -0.2) is 0 Å². The van der Waals surface area contributed by atoms with Gasteiger partial charge in [0, 0.05) is 10.2 Å². The van der Waals surface area contributed by atoms with Crippen molar-refractivity contribution in [2.45, 2.75) is 39.5 Å². The van der Waals surface area contributed by atoms with E-state index in [1.807, 2.05) is 37.3 Å². The van der Waals surface area contributed by atoms with Crippen molar-refractivity contribution < 1.29 is 14.3 Å². The lowest BCUT2D eigenvalue weighted by atomic mass is 10.2. The molecule has 0 fully saturated rings. The van der Waals surface area contributed by atoms with E-state index in [1.54, 1.807) is 12.1 Å². The Hall–Kier alpha value is -2.12. The van der Waals surface area contributed by atoms with E-state index < -0.39 is 0 Å². The average molecular weight is 479 g/mol. The first-order valence-corrected chi connectivity index (χ1v) is 11.0. The number of benzene rings is 2. The number of hydrogen-bond acceptors (Lipinski definition) is 4. The largest absolute Gasteiger partial charge is 0.494 e. The van der Waals surface area contributed by atoms with E-state index in [0.717, 1.165) is 28.8 Å². The maximum absolute atomic E-state index is 12.7. The first-order valence-electron chi connectivity index (χ1n) is 9.81. The Morgan fingerprint density at radius 3 is 2.48 bits per heavy atom. The Morgan fingerprint density at radius 1 is 1.03 bits per heavy atom. The maximum atomic E-state index is 12.7. The van der Waals surface area contributed by atoms with Gasteiger partial charge in [0.05, 0.1) is 18.8 Å². The van der Waals surface area contributed by atoms with Gasteiger partial charge >= 0.3 is 0 Å². The Morgan fingerprint density at radius 2 is 1.79 bits per heavy atom. The molecule has 0 radical (unpaired) electrons. The number of amides is 1. The standard InChI is InChI=1S/C22H27BrN2O3S/c1-3-5-6-7-14-28-20-13-8-16(23)15-19(20)21(26)25-22(29)24-17-9-11-18(12-10-17)27-4-2/h8-13,15H,3-7,14H2,1-2H3,(H2,24,25,26,29). The molecule has 7 heteroatoms. The second-order valence-electron chi connectivity index (χ2n) is 6.42. The molecule has 0 aromatic heterocycles. The van der Waals surface area contributed by atoms with E-state index in [4.69, 9.17) is 21.7 Å². The molecule has 2 rings (SSSR count). The Kier molecular flexibility index (Phi) is 9.94. The third kappa shape index (κ3) is 8.03. The molecule has 0 spiro atoms. The molecule has 29 heavy (non-hydrogen) atoms. The normalized spacial score (nSPS) is 10.3. The quantitative estimate of drug-likeness (QED) is 0.327. The van der Waals surface area contributed by atoms with Crippen molar-refractivity contribution in [2.24, 2.45) is 0 Å². The highest BCUT2D eigenvalue weighted by atomic mass is 79.9. The van der Waals surface area contributed by atoms with Crippen molar-refractivity contribution in [2.75, 3.05) is 18.5 Å². The van der Waals surface area contributed by atoms with Gasteiger partial charge < -0.3 is 14.8 Å². The smallest absolute Gasteiger partial charge is 0.261 e. The van der Waals surface area contributed by atoms with Crippen molar-refractivity contribution in [3.05, 3.63) is 52.5 Å². The second kappa shape index (κ2) is 12.4. The van der Waals surface area contributed by atoms with Crippen molar-refractivity contribution >= 4 is 44.9 Å². The minimum Gasteiger partial charge on any atom is -0.494 e. The molecule has 156 valence electrons. The van der Waals surface area contributed by atoms with E-state index in [1.165, 1.54) is 12.8 Å². The predicted octanol–water partition coefficient (Wildman–Crippen LogP) is 5.93. The third-order valence-electron chi connectivity index (χ3n) is 4.09. The van der Waals surface area contributed by atoms with Crippen molar-refractivity contribution in [3.63, 3.8) is 0 Å². The van der Waals surface area contributed by atoms with Crippen molar-refractivity contribution in [1.82, 2.24) is 5.32 Å². The summed E-state index contributed by atoms with van der Waals surface area (Å²) in [4.78, 5) is 12.7. The van der Waals surface area contributed by atoms with E-state index in [0.29, 0.717) is 24.5 Å². The van der Waals surface area contributed by atoms with Gasteiger partial charge in [0.1, 0.15) is 11.5 Å². The van der Waals surface area contributed by atoms with Crippen LogP contribution in [-0.4, -0.2) is 24.2 Å². The summed E-state index contributed by atoms with van der Waals surface area (Å²) in [6.07, 6.45) is 4.43. The molecule has 0 bridgehead atoms. The van der Waals surface area contributed by atoms with Crippen molar-refractivity contribution in [3.8, 4) is 11.5 Å². The Bertz CT molecular complexity index is 812. The zero-order chi connectivity index (χ0) is 21.1. The molecule has 0 aliphatic rings. The number of halogens is 1. The topological polar surface area (TPSA) is 59.6 Å². The summed E-state index contributed by atoms with van der Waals surface area (Å²) in [5.41, 5.74) is 1.20. The Labute approximate surface area is 186 Å². The van der Waals surface area contributed by atoms with Crippen LogP contribution in [0.4, 0.5) is 5.69 Å². The highest BCUT2D eigenvalue weighted by molar-refractivity contribution is 9.10. The second-order valence-corrected chi connectivity index (χ2v) is 7.74. The number of ether oxygens (including phenoxy) is 2. The number of thiocarbonyl (C=S) groups is 1. The molecule has 5 nitrogen and oxygen atoms in total. The fourth-order valence-corrected chi connectivity index (χ4v) is 3.22. The molecule has 2 N–H and O–H groups in total. The average Bonchev–Trinajstić information content (AvgIpc) is 2.70. The lowest BCUT2D eigenvalue weighted by Crippen LogP contribution is -2.34. The number of rotatable bonds is 10. The number of nitrogens with one attached hydrogen (secondary N) is 2. The molecule has 0 heterocycles. The minimum atomic E-state index is -0.321. The summed E-state index contributed by atoms with van der Waals surface area (Å²) in [6, 6.07) is 12.7. The van der Waals surface area contributed by atoms with Gasteiger partial charge in [0.15, 0.2) is 5.11 Å². The predicted molar refractivity (Wildman–Crippen MR) is 125 cm³/mol. The molecule has 0 saturated carbocycles. The lowest BCUT2D eigenvalue weighted by Gasteiger charge is -2.14. The number of anilines is 1. The van der Waals surface area contributed by atoms with Gasteiger partial charge in [-0.05, 0) is 68.0 Å². The lowest BCUT2D eigenvalue weighted by molar-refractivity contribution is 0.0973. The van der Waals surface area contributed by atoms with Gasteiger partial charge in [-0.3, -0.25) is 10.1 Å². The Balaban J connectivity index is 1.96. The van der Waals surface area contributed by atoms with Crippen LogP contribution in [-0.2, 0) is 0 Å². The van der Waals surface area contributed by atoms with E-state index >= 15 is 0 Å². The number of carbonyl (C=O) groups is 1. The highest BCUT2D eigenvalue weighted by Gasteiger charge is 2.15. The first kappa shape index (κ1) is 23.2. The molecule has 1 amide bonds. The molecule has 0 aliphatic heterocycles. The van der Waals surface area contributed by atoms with Crippen LogP contribution in [0.1, 0.15) is 49.9 Å². The molecule has 0 saturated heterocycles. The van der Waals surface area contributed by atoms with Crippen LogP contribution in [0.25, 0.3) is 0 Å². The fourth-order valence-electron chi connectivity index (χ4n) is 2.65. The van der Waals surface area contributed by atoms with Gasteiger partial charge in [0.2, 0.25) is 0 Å². The van der Waals surface area contributed by atoms with Gasteiger partial charge in [-0.15, -0.1) is 0 Å². The van der Waals surface area contributed by atoms with Crippen LogP contribution in [0.5, 0.6) is 11.5 Å². The number of unbranched alkanes of at least 4 members (excludes halogenated alkanes) is 3. The minimum absolute atomic E-state index is 0.216. The first-order chi connectivity index (χ1) is 14.0. The molecule has 2 aromatic rings. The van der Waals surface area contributed by atoms with Crippen LogP contribution in [0, 0.1) is 0 Å². The summed E-state index contributed by atoms with van der Waals surface area (Å²) in [6.45, 7) is 5.29. The zero-order valence-electron chi connectivity index (χ0n) is 16.8. The number of hydrogen-bond donors (Lipinski definition) is 2. The number of carbonyl (C=O) groups excluding carboxylic acids is 1. The molecule has 0 unspecified atom stereocenters. The van der Waals surface area contributed by atoms with Crippen LogP contribution in [0.3, 0.4) is 0 Å². The molecule has 2 aromatic carbocycles. The summed E-state index contributed by atoms with van der Waals surface area (Å²) < 4.78 is 12.1. The van der Waals surface area contributed by atoms with E-state index in [-0.39, 0.29) is 11.0 Å². The SMILES string of the molecule is CCCCCCOc1ccc(Br)cc1C(=O)NC(=S)Nc1ccc(OCC)cc1.